The first-order chi connectivity index (χ1) is 13.2. The van der Waals surface area contributed by atoms with E-state index in [1.165, 1.54) is 22.3 Å². The van der Waals surface area contributed by atoms with Crippen LogP contribution in [0.3, 0.4) is 0 Å². The molecule has 0 saturated heterocycles. The molecule has 28 heavy (non-hydrogen) atoms. The molecule has 0 radical (unpaired) electrons. The molecule has 0 amide bonds. The largest absolute Gasteiger partial charge is 0.489 e. The van der Waals surface area contributed by atoms with Crippen LogP contribution in [0.4, 0.5) is 0 Å². The molecular formula is C27H32O. The summed E-state index contributed by atoms with van der Waals surface area (Å²) < 4.78 is 6.25. The topological polar surface area (TPSA) is 9.23 Å². The van der Waals surface area contributed by atoms with Crippen LogP contribution in [0.25, 0.3) is 11.1 Å². The van der Waals surface area contributed by atoms with Crippen LogP contribution in [-0.2, 0) is 5.41 Å². The third-order valence-electron chi connectivity index (χ3n) is 5.68. The molecule has 1 aliphatic carbocycles. The van der Waals surface area contributed by atoms with Crippen LogP contribution in [-0.4, -0.2) is 6.61 Å². The smallest absolute Gasteiger partial charge is 0.131 e. The molecule has 0 atom stereocenters. The van der Waals surface area contributed by atoms with Gasteiger partial charge in [0.25, 0.3) is 0 Å². The lowest BCUT2D eigenvalue weighted by Gasteiger charge is -2.30. The Bertz CT molecular complexity index is 905. The van der Waals surface area contributed by atoms with Gasteiger partial charge in [-0.15, -0.1) is 0 Å². The van der Waals surface area contributed by atoms with Crippen molar-refractivity contribution in [3.63, 3.8) is 0 Å². The van der Waals surface area contributed by atoms with Crippen LogP contribution in [0.15, 0.2) is 84.5 Å². The van der Waals surface area contributed by atoms with Crippen LogP contribution in [0.1, 0.15) is 46.6 Å². The van der Waals surface area contributed by atoms with E-state index >= 15 is 0 Å². The molecule has 1 aliphatic rings. The first-order valence-electron chi connectivity index (χ1n) is 10.1. The van der Waals surface area contributed by atoms with E-state index in [9.17, 15) is 0 Å². The van der Waals surface area contributed by atoms with E-state index in [2.05, 4.69) is 95.8 Å². The predicted octanol–water partition coefficient (Wildman–Crippen LogP) is 7.50. The van der Waals surface area contributed by atoms with Gasteiger partial charge < -0.3 is 4.74 Å². The molecule has 3 rings (SSSR count). The summed E-state index contributed by atoms with van der Waals surface area (Å²) in [6.07, 6.45) is 7.62. The molecule has 146 valence electrons. The second-order valence-corrected chi connectivity index (χ2v) is 9.06. The minimum Gasteiger partial charge on any atom is -0.489 e. The highest BCUT2D eigenvalue weighted by Crippen LogP contribution is 2.46. The van der Waals surface area contributed by atoms with E-state index in [-0.39, 0.29) is 10.8 Å². The van der Waals surface area contributed by atoms with Crippen molar-refractivity contribution in [3.8, 4) is 16.9 Å². The molecule has 0 heterocycles. The highest BCUT2D eigenvalue weighted by molar-refractivity contribution is 5.73. The van der Waals surface area contributed by atoms with Crippen molar-refractivity contribution in [3.05, 3.63) is 90.0 Å². The Hall–Kier alpha value is -2.54. The van der Waals surface area contributed by atoms with Crippen molar-refractivity contribution < 1.29 is 4.74 Å². The van der Waals surface area contributed by atoms with Crippen LogP contribution >= 0.6 is 0 Å². The standard InChI is InChI=1S/C27H32O/c1-7-18-28-25-23(20-12-9-8-10-13-20)14-11-15-24(25)27(5,6)22-17-16-21(19-22)26(2,3)4/h7-15,17,19H,1,16,18H2,2-6H3. The summed E-state index contributed by atoms with van der Waals surface area (Å²) >= 11 is 0. The molecule has 1 nitrogen and oxygen atoms in total. The first kappa shape index (κ1) is 20.2. The molecule has 0 fully saturated rings. The first-order valence-corrected chi connectivity index (χ1v) is 10.1. The average molecular weight is 373 g/mol. The Balaban J connectivity index is 2.10. The monoisotopic (exact) mass is 372 g/mol. The Labute approximate surface area is 170 Å². The number of ether oxygens (including phenoxy) is 1. The maximum absolute atomic E-state index is 6.25. The zero-order valence-electron chi connectivity index (χ0n) is 17.9. The number of rotatable bonds is 6. The summed E-state index contributed by atoms with van der Waals surface area (Å²) in [4.78, 5) is 0. The average Bonchev–Trinajstić information content (AvgIpc) is 3.18. The molecule has 0 aromatic heterocycles. The molecule has 0 spiro atoms. The van der Waals surface area contributed by atoms with Crippen molar-refractivity contribution in [2.75, 3.05) is 6.61 Å². The summed E-state index contributed by atoms with van der Waals surface area (Å²) in [6.45, 7) is 15.8. The lowest BCUT2D eigenvalue weighted by Crippen LogP contribution is -2.21. The Morgan fingerprint density at radius 1 is 0.964 bits per heavy atom. The lowest BCUT2D eigenvalue weighted by atomic mass is 9.76. The molecule has 0 N–H and O–H groups in total. The van der Waals surface area contributed by atoms with E-state index in [1.807, 2.05) is 12.1 Å². The van der Waals surface area contributed by atoms with E-state index < -0.39 is 0 Å². The highest BCUT2D eigenvalue weighted by atomic mass is 16.5. The van der Waals surface area contributed by atoms with Crippen molar-refractivity contribution in [2.24, 2.45) is 5.41 Å². The van der Waals surface area contributed by atoms with E-state index in [4.69, 9.17) is 4.74 Å². The van der Waals surface area contributed by atoms with Gasteiger partial charge in [0.05, 0.1) is 0 Å². The molecule has 1 heteroatoms. The number of hydrogen-bond acceptors (Lipinski definition) is 1. The number of allylic oxidation sites excluding steroid dienone is 4. The van der Waals surface area contributed by atoms with Gasteiger partial charge in [-0.3, -0.25) is 0 Å². The number of hydrogen-bond donors (Lipinski definition) is 0. The quantitative estimate of drug-likeness (QED) is 0.477. The SMILES string of the molecule is C=CCOc1c(-c2ccccc2)cccc1C(C)(C)C1=CCC(C(C)(C)C)=C1. The summed E-state index contributed by atoms with van der Waals surface area (Å²) in [5, 5.41) is 0. The molecule has 2 aromatic rings. The zero-order valence-corrected chi connectivity index (χ0v) is 17.9. The van der Waals surface area contributed by atoms with Gasteiger partial charge in [-0.2, -0.15) is 0 Å². The van der Waals surface area contributed by atoms with Crippen molar-refractivity contribution >= 4 is 0 Å². The summed E-state index contributed by atoms with van der Waals surface area (Å²) in [5.74, 6) is 0.956. The van der Waals surface area contributed by atoms with Crippen molar-refractivity contribution in [2.45, 2.75) is 46.5 Å². The van der Waals surface area contributed by atoms with Crippen LogP contribution in [0.5, 0.6) is 5.75 Å². The van der Waals surface area contributed by atoms with Crippen LogP contribution in [0.2, 0.25) is 0 Å². The van der Waals surface area contributed by atoms with E-state index in [1.54, 1.807) is 0 Å². The van der Waals surface area contributed by atoms with E-state index in [0.29, 0.717) is 6.61 Å². The minimum absolute atomic E-state index is 0.145. The normalized spacial score (nSPS) is 14.5. The minimum atomic E-state index is -0.145. The summed E-state index contributed by atoms with van der Waals surface area (Å²) in [7, 11) is 0. The second kappa shape index (κ2) is 7.83. The summed E-state index contributed by atoms with van der Waals surface area (Å²) in [6, 6.07) is 17.0. The predicted molar refractivity (Wildman–Crippen MR) is 121 cm³/mol. The molecule has 0 aliphatic heterocycles. The summed E-state index contributed by atoms with van der Waals surface area (Å²) in [5.41, 5.74) is 6.43. The number of benzene rings is 2. The van der Waals surface area contributed by atoms with Crippen molar-refractivity contribution in [1.29, 1.82) is 0 Å². The fraction of sp³-hybridized carbons (Fsp3) is 0.333. The van der Waals surface area contributed by atoms with E-state index in [0.717, 1.165) is 17.7 Å². The fourth-order valence-corrected chi connectivity index (χ4v) is 3.81. The zero-order chi connectivity index (χ0) is 20.4. The third-order valence-corrected chi connectivity index (χ3v) is 5.68. The lowest BCUT2D eigenvalue weighted by molar-refractivity contribution is 0.354. The molecule has 0 bridgehead atoms. The van der Waals surface area contributed by atoms with Crippen LogP contribution < -0.4 is 4.74 Å². The van der Waals surface area contributed by atoms with Gasteiger partial charge in [0.15, 0.2) is 0 Å². The maximum atomic E-state index is 6.25. The van der Waals surface area contributed by atoms with Gasteiger partial charge in [-0.1, -0.05) is 114 Å². The Morgan fingerprint density at radius 3 is 2.29 bits per heavy atom. The molecule has 0 saturated carbocycles. The van der Waals surface area contributed by atoms with Crippen LogP contribution in [0, 0.1) is 5.41 Å². The molecular weight excluding hydrogens is 340 g/mol. The molecule has 0 unspecified atom stereocenters. The Morgan fingerprint density at radius 2 is 1.68 bits per heavy atom. The van der Waals surface area contributed by atoms with Gasteiger partial charge in [0, 0.05) is 16.5 Å². The molecule has 2 aromatic carbocycles. The van der Waals surface area contributed by atoms with Gasteiger partial charge in [0.2, 0.25) is 0 Å². The third kappa shape index (κ3) is 3.99. The Kier molecular flexibility index (Phi) is 5.65. The fourth-order valence-electron chi connectivity index (χ4n) is 3.81. The second-order valence-electron chi connectivity index (χ2n) is 9.06. The maximum Gasteiger partial charge on any atom is 0.131 e. The van der Waals surface area contributed by atoms with Gasteiger partial charge in [0.1, 0.15) is 12.4 Å². The van der Waals surface area contributed by atoms with Gasteiger partial charge in [-0.25, -0.2) is 0 Å². The van der Waals surface area contributed by atoms with Gasteiger partial charge in [-0.05, 0) is 23.0 Å². The van der Waals surface area contributed by atoms with Gasteiger partial charge >= 0.3 is 0 Å². The van der Waals surface area contributed by atoms with Crippen molar-refractivity contribution in [1.82, 2.24) is 0 Å². The highest BCUT2D eigenvalue weighted by Gasteiger charge is 2.32. The number of para-hydroxylation sites is 1.